The van der Waals surface area contributed by atoms with Gasteiger partial charge in [-0.25, -0.2) is 0 Å². The van der Waals surface area contributed by atoms with Crippen molar-refractivity contribution in [1.29, 1.82) is 5.26 Å². The van der Waals surface area contributed by atoms with Gasteiger partial charge in [0.05, 0.1) is 11.6 Å². The van der Waals surface area contributed by atoms with Gasteiger partial charge >= 0.3 is 0 Å². The topological polar surface area (TPSA) is 80.6 Å². The maximum atomic E-state index is 12.8. The maximum Gasteiger partial charge on any atom is 0.266 e. The summed E-state index contributed by atoms with van der Waals surface area (Å²) in [6, 6.07) is 32.1. The summed E-state index contributed by atoms with van der Waals surface area (Å²) in [6.07, 6.45) is 1.50. The summed E-state index contributed by atoms with van der Waals surface area (Å²) in [5.41, 5.74) is 3.18. The number of methoxy groups -OCH3 is 1. The molecular weight excluding hydrogens is 544 g/mol. The number of carbonyl (C=O) groups is 1. The van der Waals surface area contributed by atoms with E-state index in [1.807, 2.05) is 66.7 Å². The second-order valence-electron chi connectivity index (χ2n) is 8.23. The quantitative estimate of drug-likeness (QED) is 0.162. The van der Waals surface area contributed by atoms with Crippen molar-refractivity contribution >= 4 is 33.6 Å². The molecule has 4 aromatic carbocycles. The first-order valence-corrected chi connectivity index (χ1v) is 12.6. The number of hydrogen-bond acceptors (Lipinski definition) is 5. The van der Waals surface area contributed by atoms with Crippen molar-refractivity contribution in [2.45, 2.75) is 13.2 Å². The van der Waals surface area contributed by atoms with Crippen molar-refractivity contribution in [1.82, 2.24) is 0 Å². The lowest BCUT2D eigenvalue weighted by atomic mass is 10.1. The molecule has 0 aliphatic rings. The lowest BCUT2D eigenvalue weighted by molar-refractivity contribution is -0.112. The molecule has 1 amide bonds. The van der Waals surface area contributed by atoms with Crippen LogP contribution in [0.15, 0.2) is 107 Å². The molecule has 0 fully saturated rings. The Morgan fingerprint density at radius 1 is 0.895 bits per heavy atom. The molecule has 0 aliphatic carbocycles. The molecule has 4 rings (SSSR count). The van der Waals surface area contributed by atoms with Crippen LogP contribution in [0.4, 0.5) is 5.69 Å². The fourth-order valence-corrected chi connectivity index (χ4v) is 4.16. The van der Waals surface area contributed by atoms with Crippen molar-refractivity contribution in [2.24, 2.45) is 0 Å². The van der Waals surface area contributed by atoms with E-state index in [-0.39, 0.29) is 5.57 Å². The van der Waals surface area contributed by atoms with Gasteiger partial charge in [-0.15, -0.1) is 0 Å². The molecule has 4 aromatic rings. The Morgan fingerprint density at radius 3 is 2.08 bits per heavy atom. The van der Waals surface area contributed by atoms with E-state index in [4.69, 9.17) is 14.2 Å². The van der Waals surface area contributed by atoms with Crippen molar-refractivity contribution in [3.8, 4) is 23.3 Å². The van der Waals surface area contributed by atoms with Crippen molar-refractivity contribution in [3.63, 3.8) is 0 Å². The van der Waals surface area contributed by atoms with Gasteiger partial charge in [-0.05, 0) is 75.1 Å². The average molecular weight is 569 g/mol. The number of hydrogen-bond donors (Lipinski definition) is 1. The van der Waals surface area contributed by atoms with E-state index >= 15 is 0 Å². The van der Waals surface area contributed by atoms with E-state index in [9.17, 15) is 10.1 Å². The summed E-state index contributed by atoms with van der Waals surface area (Å²) < 4.78 is 17.9. The predicted molar refractivity (Wildman–Crippen MR) is 151 cm³/mol. The van der Waals surface area contributed by atoms with Gasteiger partial charge in [-0.2, -0.15) is 5.26 Å². The van der Waals surface area contributed by atoms with E-state index in [2.05, 4.69) is 21.2 Å². The van der Waals surface area contributed by atoms with Gasteiger partial charge in [0.1, 0.15) is 30.6 Å². The van der Waals surface area contributed by atoms with Crippen LogP contribution in [0.5, 0.6) is 17.2 Å². The van der Waals surface area contributed by atoms with Crippen LogP contribution in [-0.4, -0.2) is 13.0 Å². The summed E-state index contributed by atoms with van der Waals surface area (Å²) in [7, 11) is 1.54. The minimum atomic E-state index is -0.523. The standard InChI is InChI=1S/C31H25BrN2O4/c1-36-29-18-24(17-28(32)30(29)38-21-23-10-6-3-7-11-23)16-25(19-33)31(35)34-26-12-14-27(15-13-26)37-20-22-8-4-2-5-9-22/h2-18H,20-21H2,1H3,(H,34,35)/b25-16+. The SMILES string of the molecule is COc1cc(/C=C(\C#N)C(=O)Nc2ccc(OCc3ccccc3)cc2)cc(Br)c1OCc1ccccc1. The molecule has 0 aromatic heterocycles. The highest BCUT2D eigenvalue weighted by Gasteiger charge is 2.14. The molecule has 0 aliphatic heterocycles. The Kier molecular flexibility index (Phi) is 9.17. The van der Waals surface area contributed by atoms with Gasteiger partial charge in [0.15, 0.2) is 11.5 Å². The number of benzene rings is 4. The number of nitrogens with zero attached hydrogens (tertiary/aromatic N) is 1. The minimum absolute atomic E-state index is 0.0543. The Labute approximate surface area is 230 Å². The zero-order valence-electron chi connectivity index (χ0n) is 20.7. The number of amides is 1. The number of carbonyl (C=O) groups excluding carboxylic acids is 1. The zero-order chi connectivity index (χ0) is 26.7. The van der Waals surface area contributed by atoms with Gasteiger partial charge in [0, 0.05) is 5.69 Å². The third-order valence-electron chi connectivity index (χ3n) is 5.51. The first-order valence-electron chi connectivity index (χ1n) is 11.8. The third kappa shape index (κ3) is 7.25. The first-order chi connectivity index (χ1) is 18.6. The van der Waals surface area contributed by atoms with Gasteiger partial charge in [-0.3, -0.25) is 4.79 Å². The number of nitriles is 1. The predicted octanol–water partition coefficient (Wildman–Crippen LogP) is 7.16. The molecule has 0 saturated heterocycles. The number of halogens is 1. The van der Waals surface area contributed by atoms with Crippen LogP contribution in [0.3, 0.4) is 0 Å². The number of nitrogens with one attached hydrogen (secondary N) is 1. The number of rotatable bonds is 10. The van der Waals surface area contributed by atoms with E-state index < -0.39 is 5.91 Å². The van der Waals surface area contributed by atoms with E-state index in [1.54, 1.807) is 36.4 Å². The zero-order valence-corrected chi connectivity index (χ0v) is 22.3. The van der Waals surface area contributed by atoms with Crippen LogP contribution in [0.2, 0.25) is 0 Å². The van der Waals surface area contributed by atoms with Gasteiger partial charge in [0.2, 0.25) is 0 Å². The molecule has 6 nitrogen and oxygen atoms in total. The van der Waals surface area contributed by atoms with E-state index in [0.29, 0.717) is 46.2 Å². The number of ether oxygens (including phenoxy) is 3. The molecule has 0 radical (unpaired) electrons. The molecule has 190 valence electrons. The molecule has 0 spiro atoms. The van der Waals surface area contributed by atoms with Crippen molar-refractivity contribution in [2.75, 3.05) is 12.4 Å². The largest absolute Gasteiger partial charge is 0.493 e. The third-order valence-corrected chi connectivity index (χ3v) is 6.10. The van der Waals surface area contributed by atoms with E-state index in [0.717, 1.165) is 11.1 Å². The van der Waals surface area contributed by atoms with Gasteiger partial charge in [0.25, 0.3) is 5.91 Å². The van der Waals surface area contributed by atoms with Gasteiger partial charge < -0.3 is 19.5 Å². The van der Waals surface area contributed by atoms with Crippen LogP contribution in [0.1, 0.15) is 16.7 Å². The van der Waals surface area contributed by atoms with Crippen LogP contribution < -0.4 is 19.5 Å². The van der Waals surface area contributed by atoms with Crippen LogP contribution in [-0.2, 0) is 18.0 Å². The molecular formula is C31H25BrN2O4. The maximum absolute atomic E-state index is 12.8. The summed E-state index contributed by atoms with van der Waals surface area (Å²) in [5, 5.41) is 12.4. The Bertz CT molecular complexity index is 1450. The second-order valence-corrected chi connectivity index (χ2v) is 9.09. The molecule has 7 heteroatoms. The summed E-state index contributed by atoms with van der Waals surface area (Å²) >= 11 is 3.52. The molecule has 0 atom stereocenters. The molecule has 0 saturated carbocycles. The smallest absolute Gasteiger partial charge is 0.266 e. The van der Waals surface area contributed by atoms with Gasteiger partial charge in [-0.1, -0.05) is 60.7 Å². The fraction of sp³-hybridized carbons (Fsp3) is 0.0968. The highest BCUT2D eigenvalue weighted by atomic mass is 79.9. The molecule has 0 heterocycles. The fourth-order valence-electron chi connectivity index (χ4n) is 3.58. The van der Waals surface area contributed by atoms with Crippen LogP contribution in [0.25, 0.3) is 6.08 Å². The Balaban J connectivity index is 1.42. The summed E-state index contributed by atoms with van der Waals surface area (Å²) in [6.45, 7) is 0.815. The van der Waals surface area contributed by atoms with Crippen LogP contribution >= 0.6 is 15.9 Å². The lowest BCUT2D eigenvalue weighted by Gasteiger charge is -2.14. The Hall–Kier alpha value is -4.54. The normalized spacial score (nSPS) is 10.8. The van der Waals surface area contributed by atoms with Crippen molar-refractivity contribution < 1.29 is 19.0 Å². The Morgan fingerprint density at radius 2 is 1.50 bits per heavy atom. The highest BCUT2D eigenvalue weighted by molar-refractivity contribution is 9.10. The summed E-state index contributed by atoms with van der Waals surface area (Å²) in [5.74, 6) is 1.16. The number of anilines is 1. The lowest BCUT2D eigenvalue weighted by Crippen LogP contribution is -2.13. The second kappa shape index (κ2) is 13.1. The first kappa shape index (κ1) is 26.5. The highest BCUT2D eigenvalue weighted by Crippen LogP contribution is 2.37. The minimum Gasteiger partial charge on any atom is -0.493 e. The molecule has 38 heavy (non-hydrogen) atoms. The van der Waals surface area contributed by atoms with E-state index in [1.165, 1.54) is 13.2 Å². The summed E-state index contributed by atoms with van der Waals surface area (Å²) in [4.78, 5) is 12.8. The van der Waals surface area contributed by atoms with Crippen molar-refractivity contribution in [3.05, 3.63) is 124 Å². The average Bonchev–Trinajstić information content (AvgIpc) is 2.95. The monoisotopic (exact) mass is 568 g/mol. The molecule has 1 N–H and O–H groups in total. The molecule has 0 unspecified atom stereocenters. The van der Waals surface area contributed by atoms with Crippen LogP contribution in [0, 0.1) is 11.3 Å². The molecule has 0 bridgehead atoms.